The number of aliphatic imine (C=N–C) groups is 1. The van der Waals surface area contributed by atoms with Crippen LogP contribution in [-0.2, 0) is 6.42 Å². The van der Waals surface area contributed by atoms with Gasteiger partial charge in [-0.25, -0.2) is 0 Å². The lowest BCUT2D eigenvalue weighted by Gasteiger charge is -2.18. The van der Waals surface area contributed by atoms with Crippen molar-refractivity contribution in [1.29, 1.82) is 0 Å². The number of nitrogens with one attached hydrogen (secondary N) is 2. The minimum atomic E-state index is 0. The number of rotatable bonds is 6. The number of fused-ring (bicyclic) bond motifs is 3. The quantitative estimate of drug-likeness (QED) is 0.329. The zero-order chi connectivity index (χ0) is 18.6. The lowest BCUT2D eigenvalue weighted by molar-refractivity contribution is 0.265. The second-order valence-electron chi connectivity index (χ2n) is 7.72. The standard InChI is InChI=1S/C23H29N3O.HI/c1-24-23(25-13-18(15-27)16-7-3-2-4-8-16)26-14-21-20-12-11-17-9-5-6-10-19(17)22(20)21;/h2-10,18,20-22,27H,11-15H2,1H3,(H2,24,25,26);1H. The van der Waals surface area contributed by atoms with E-state index in [0.717, 1.165) is 29.9 Å². The average molecular weight is 491 g/mol. The third kappa shape index (κ3) is 4.51. The Hall–Kier alpha value is -1.60. The zero-order valence-corrected chi connectivity index (χ0v) is 18.7. The Kier molecular flexibility index (Phi) is 7.35. The van der Waals surface area contributed by atoms with Crippen LogP contribution >= 0.6 is 24.0 Å². The molecule has 0 amide bonds. The Balaban J connectivity index is 0.00000225. The lowest BCUT2D eigenvalue weighted by Crippen LogP contribution is -2.40. The van der Waals surface area contributed by atoms with Gasteiger partial charge in [-0.15, -0.1) is 24.0 Å². The van der Waals surface area contributed by atoms with Crippen LogP contribution in [0.3, 0.4) is 0 Å². The van der Waals surface area contributed by atoms with Gasteiger partial charge in [-0.05, 0) is 47.3 Å². The number of guanidine groups is 1. The second-order valence-corrected chi connectivity index (χ2v) is 7.72. The number of halogens is 1. The number of hydrogen-bond donors (Lipinski definition) is 3. The summed E-state index contributed by atoms with van der Waals surface area (Å²) >= 11 is 0. The predicted octanol–water partition coefficient (Wildman–Crippen LogP) is 3.52. The van der Waals surface area contributed by atoms with Crippen LogP contribution in [0.4, 0.5) is 0 Å². The van der Waals surface area contributed by atoms with Gasteiger partial charge in [0, 0.05) is 26.1 Å². The highest BCUT2D eigenvalue weighted by Gasteiger charge is 2.52. The maximum atomic E-state index is 9.73. The third-order valence-corrected chi connectivity index (χ3v) is 6.23. The molecule has 0 spiro atoms. The lowest BCUT2D eigenvalue weighted by atomic mass is 9.92. The Bertz CT molecular complexity index is 795. The number of aryl methyl sites for hydroxylation is 1. The second kappa shape index (κ2) is 9.74. The molecule has 1 saturated carbocycles. The fourth-order valence-corrected chi connectivity index (χ4v) is 4.66. The van der Waals surface area contributed by atoms with E-state index in [2.05, 4.69) is 52.0 Å². The van der Waals surface area contributed by atoms with Gasteiger partial charge in [-0.3, -0.25) is 4.99 Å². The molecule has 4 unspecified atom stereocenters. The molecule has 1 fully saturated rings. The summed E-state index contributed by atoms with van der Waals surface area (Å²) in [7, 11) is 1.81. The fraction of sp³-hybridized carbons (Fsp3) is 0.435. The molecule has 28 heavy (non-hydrogen) atoms. The number of aliphatic hydroxyl groups is 1. The van der Waals surface area contributed by atoms with Gasteiger partial charge in [0.2, 0.25) is 0 Å². The van der Waals surface area contributed by atoms with Crippen LogP contribution in [0, 0.1) is 11.8 Å². The van der Waals surface area contributed by atoms with E-state index >= 15 is 0 Å². The van der Waals surface area contributed by atoms with Crippen molar-refractivity contribution < 1.29 is 5.11 Å². The minimum absolute atomic E-state index is 0. The molecule has 0 heterocycles. The molecule has 2 aromatic carbocycles. The highest BCUT2D eigenvalue weighted by Crippen LogP contribution is 2.59. The summed E-state index contributed by atoms with van der Waals surface area (Å²) in [6.07, 6.45) is 2.52. The van der Waals surface area contributed by atoms with Crippen molar-refractivity contribution in [3.63, 3.8) is 0 Å². The first-order chi connectivity index (χ1) is 13.3. The first kappa shape index (κ1) is 21.1. The van der Waals surface area contributed by atoms with Gasteiger partial charge in [0.15, 0.2) is 5.96 Å². The molecule has 0 aliphatic heterocycles. The molecule has 150 valence electrons. The number of aliphatic hydroxyl groups excluding tert-OH is 1. The van der Waals surface area contributed by atoms with Crippen LogP contribution < -0.4 is 10.6 Å². The molecule has 0 bridgehead atoms. The molecule has 2 aliphatic rings. The van der Waals surface area contributed by atoms with Gasteiger partial charge < -0.3 is 15.7 Å². The first-order valence-electron chi connectivity index (χ1n) is 10.00. The zero-order valence-electron chi connectivity index (χ0n) is 16.3. The molecule has 0 saturated heterocycles. The Morgan fingerprint density at radius 1 is 1.11 bits per heavy atom. The normalized spacial score (nSPS) is 23.6. The molecule has 4 rings (SSSR count). The predicted molar refractivity (Wildman–Crippen MR) is 126 cm³/mol. The van der Waals surface area contributed by atoms with Crippen molar-refractivity contribution >= 4 is 29.9 Å². The molecule has 2 aliphatic carbocycles. The van der Waals surface area contributed by atoms with Crippen LogP contribution in [0.15, 0.2) is 59.6 Å². The summed E-state index contributed by atoms with van der Waals surface area (Å²) in [6, 6.07) is 19.1. The van der Waals surface area contributed by atoms with Crippen molar-refractivity contribution in [3.05, 3.63) is 71.3 Å². The Morgan fingerprint density at radius 3 is 2.61 bits per heavy atom. The number of benzene rings is 2. The Labute approximate surface area is 184 Å². The van der Waals surface area contributed by atoms with E-state index < -0.39 is 0 Å². The van der Waals surface area contributed by atoms with E-state index in [0.29, 0.717) is 12.5 Å². The van der Waals surface area contributed by atoms with Gasteiger partial charge in [-0.2, -0.15) is 0 Å². The van der Waals surface area contributed by atoms with E-state index in [9.17, 15) is 5.11 Å². The summed E-state index contributed by atoms with van der Waals surface area (Å²) in [5, 5.41) is 16.6. The van der Waals surface area contributed by atoms with E-state index in [4.69, 9.17) is 0 Å². The minimum Gasteiger partial charge on any atom is -0.396 e. The van der Waals surface area contributed by atoms with E-state index in [1.165, 1.54) is 18.4 Å². The van der Waals surface area contributed by atoms with Crippen molar-refractivity contribution in [2.24, 2.45) is 16.8 Å². The highest BCUT2D eigenvalue weighted by atomic mass is 127. The van der Waals surface area contributed by atoms with Crippen LogP contribution in [0.1, 0.15) is 34.9 Å². The third-order valence-electron chi connectivity index (χ3n) is 6.23. The first-order valence-corrected chi connectivity index (χ1v) is 10.00. The van der Waals surface area contributed by atoms with Crippen LogP contribution in [0.2, 0.25) is 0 Å². The Morgan fingerprint density at radius 2 is 1.86 bits per heavy atom. The average Bonchev–Trinajstić information content (AvgIpc) is 3.45. The summed E-state index contributed by atoms with van der Waals surface area (Å²) < 4.78 is 0. The van der Waals surface area contributed by atoms with Gasteiger partial charge in [-0.1, -0.05) is 54.6 Å². The van der Waals surface area contributed by atoms with Crippen LogP contribution in [0.25, 0.3) is 0 Å². The summed E-state index contributed by atoms with van der Waals surface area (Å²) in [5.41, 5.74) is 4.25. The van der Waals surface area contributed by atoms with Gasteiger partial charge in [0.05, 0.1) is 6.61 Å². The molecule has 3 N–H and O–H groups in total. The SMILES string of the molecule is CN=C(NCC(CO)c1ccccc1)NCC1C2CCc3ccccc3C21.I. The fourth-order valence-electron chi connectivity index (χ4n) is 4.66. The molecule has 4 atom stereocenters. The van der Waals surface area contributed by atoms with Crippen molar-refractivity contribution in [2.75, 3.05) is 26.7 Å². The van der Waals surface area contributed by atoms with Gasteiger partial charge in [0.1, 0.15) is 0 Å². The van der Waals surface area contributed by atoms with E-state index in [-0.39, 0.29) is 36.5 Å². The van der Waals surface area contributed by atoms with E-state index in [1.54, 1.807) is 12.6 Å². The van der Waals surface area contributed by atoms with Crippen LogP contribution in [-0.4, -0.2) is 37.8 Å². The molecular weight excluding hydrogens is 461 g/mol. The summed E-state index contributed by atoms with van der Waals surface area (Å²) in [5.74, 6) is 3.13. The molecule has 0 aromatic heterocycles. The molecule has 2 aromatic rings. The largest absolute Gasteiger partial charge is 0.396 e. The monoisotopic (exact) mass is 491 g/mol. The maximum Gasteiger partial charge on any atom is 0.191 e. The van der Waals surface area contributed by atoms with Gasteiger partial charge >= 0.3 is 0 Å². The highest BCUT2D eigenvalue weighted by molar-refractivity contribution is 14.0. The van der Waals surface area contributed by atoms with Crippen molar-refractivity contribution in [3.8, 4) is 0 Å². The molecular formula is C23H30IN3O. The van der Waals surface area contributed by atoms with Crippen molar-refractivity contribution in [1.82, 2.24) is 10.6 Å². The molecule has 5 heteroatoms. The summed E-state index contributed by atoms with van der Waals surface area (Å²) in [6.45, 7) is 1.75. The van der Waals surface area contributed by atoms with Gasteiger partial charge in [0.25, 0.3) is 0 Å². The number of hydrogen-bond acceptors (Lipinski definition) is 2. The molecule has 4 nitrogen and oxygen atoms in total. The maximum absolute atomic E-state index is 9.73. The van der Waals surface area contributed by atoms with Crippen LogP contribution in [0.5, 0.6) is 0 Å². The van der Waals surface area contributed by atoms with E-state index in [1.807, 2.05) is 18.2 Å². The smallest absolute Gasteiger partial charge is 0.191 e. The van der Waals surface area contributed by atoms with Crippen molar-refractivity contribution in [2.45, 2.75) is 24.7 Å². The topological polar surface area (TPSA) is 56.7 Å². The number of nitrogens with zero attached hydrogens (tertiary/aromatic N) is 1. The summed E-state index contributed by atoms with van der Waals surface area (Å²) in [4.78, 5) is 4.36. The molecule has 0 radical (unpaired) electrons.